The summed E-state index contributed by atoms with van der Waals surface area (Å²) < 4.78 is 57.7. The van der Waals surface area contributed by atoms with Gasteiger partial charge < -0.3 is 1.43 Å². The molecule has 0 aliphatic rings. The van der Waals surface area contributed by atoms with Gasteiger partial charge in [-0.3, -0.25) is 9.11 Å². The van der Waals surface area contributed by atoms with Crippen LogP contribution in [0.2, 0.25) is 0 Å². The molecule has 0 saturated heterocycles. The Bertz CT molecular complexity index is 315. The van der Waals surface area contributed by atoms with Crippen molar-refractivity contribution in [1.29, 1.82) is 0 Å². The molecular formula is C6H15NaO6S2. The number of unbranched alkanes of at least 4 members (excludes halogenated alkanes) is 3. The summed E-state index contributed by atoms with van der Waals surface area (Å²) in [5.74, 6) is -0.613. The van der Waals surface area contributed by atoms with Gasteiger partial charge in [0.25, 0.3) is 20.2 Å². The van der Waals surface area contributed by atoms with E-state index in [1.807, 2.05) is 0 Å². The van der Waals surface area contributed by atoms with Gasteiger partial charge in [0, 0.05) is 0 Å². The maximum Gasteiger partial charge on any atom is 1.00 e. The molecule has 0 saturated carbocycles. The fourth-order valence-corrected chi connectivity index (χ4v) is 2.06. The minimum Gasteiger partial charge on any atom is -1.00 e. The van der Waals surface area contributed by atoms with Gasteiger partial charge in [0.2, 0.25) is 0 Å². The Kier molecular flexibility index (Phi) is 9.69. The van der Waals surface area contributed by atoms with E-state index >= 15 is 0 Å². The Morgan fingerprint density at radius 2 is 1.00 bits per heavy atom. The molecule has 0 aromatic rings. The second kappa shape index (κ2) is 7.99. The first-order valence-electron chi connectivity index (χ1n) is 4.11. The van der Waals surface area contributed by atoms with Gasteiger partial charge in [-0.05, 0) is 12.8 Å². The molecule has 0 aliphatic heterocycles. The largest absolute Gasteiger partial charge is 1.00 e. The molecular weight excluding hydrogens is 255 g/mol. The molecule has 9 heteroatoms. The second-order valence-corrected chi connectivity index (χ2v) is 6.13. The van der Waals surface area contributed by atoms with E-state index in [2.05, 4.69) is 0 Å². The molecule has 0 spiro atoms. The van der Waals surface area contributed by atoms with Crippen molar-refractivity contribution in [3.63, 3.8) is 0 Å². The smallest absolute Gasteiger partial charge is 1.00 e. The zero-order valence-corrected chi connectivity index (χ0v) is 12.2. The molecule has 0 fully saturated rings. The summed E-state index contributed by atoms with van der Waals surface area (Å²) in [5, 5.41) is 0. The Hall–Kier alpha value is 0.820. The van der Waals surface area contributed by atoms with Gasteiger partial charge in [0.15, 0.2) is 0 Å². The Morgan fingerprint density at radius 1 is 0.733 bits per heavy atom. The first-order chi connectivity index (χ1) is 6.21. The minimum atomic E-state index is -3.91. The van der Waals surface area contributed by atoms with Crippen LogP contribution in [-0.4, -0.2) is 37.4 Å². The molecule has 0 rings (SSSR count). The van der Waals surface area contributed by atoms with Crippen LogP contribution in [0.5, 0.6) is 0 Å². The Labute approximate surface area is 114 Å². The Morgan fingerprint density at radius 3 is 1.20 bits per heavy atom. The molecule has 15 heavy (non-hydrogen) atoms. The summed E-state index contributed by atoms with van der Waals surface area (Å²) >= 11 is 0. The molecule has 0 unspecified atom stereocenters. The number of hydrogen-bond donors (Lipinski definition) is 2. The van der Waals surface area contributed by atoms with Gasteiger partial charge in [0.05, 0.1) is 11.5 Å². The third kappa shape index (κ3) is 17.4. The number of hydrogen-bond acceptors (Lipinski definition) is 4. The van der Waals surface area contributed by atoms with Crippen LogP contribution in [-0.2, 0) is 20.2 Å². The third-order valence-electron chi connectivity index (χ3n) is 1.55. The van der Waals surface area contributed by atoms with E-state index in [9.17, 15) is 16.8 Å². The predicted octanol–water partition coefficient (Wildman–Crippen LogP) is -2.56. The van der Waals surface area contributed by atoms with E-state index < -0.39 is 20.2 Å². The second-order valence-electron chi connectivity index (χ2n) is 2.99. The quantitative estimate of drug-likeness (QED) is 0.299. The average molecular weight is 270 g/mol. The summed E-state index contributed by atoms with van der Waals surface area (Å²) in [6.07, 6.45) is 1.61. The van der Waals surface area contributed by atoms with Crippen molar-refractivity contribution in [2.75, 3.05) is 11.5 Å². The molecule has 0 radical (unpaired) electrons. The van der Waals surface area contributed by atoms with Crippen LogP contribution in [0.3, 0.4) is 0 Å². The first kappa shape index (κ1) is 18.2. The van der Waals surface area contributed by atoms with Gasteiger partial charge in [-0.25, -0.2) is 0 Å². The molecule has 0 aromatic carbocycles. The van der Waals surface area contributed by atoms with E-state index in [-0.39, 0.29) is 42.5 Å². The van der Waals surface area contributed by atoms with Crippen molar-refractivity contribution in [2.45, 2.75) is 25.7 Å². The summed E-state index contributed by atoms with van der Waals surface area (Å²) in [6.45, 7) is 0. The van der Waals surface area contributed by atoms with Crippen molar-refractivity contribution in [3.8, 4) is 0 Å². The van der Waals surface area contributed by atoms with Gasteiger partial charge in [-0.15, -0.1) is 0 Å². The summed E-state index contributed by atoms with van der Waals surface area (Å²) in [4.78, 5) is 0. The molecule has 6 nitrogen and oxygen atoms in total. The fourth-order valence-electron chi connectivity index (χ4n) is 0.922. The molecule has 0 bridgehead atoms. The monoisotopic (exact) mass is 270 g/mol. The van der Waals surface area contributed by atoms with E-state index in [1.54, 1.807) is 0 Å². The zero-order valence-electron chi connectivity index (χ0n) is 9.59. The third-order valence-corrected chi connectivity index (χ3v) is 3.16. The molecule has 88 valence electrons. The maximum atomic E-state index is 10.2. The van der Waals surface area contributed by atoms with Gasteiger partial charge in [-0.2, -0.15) is 16.8 Å². The molecule has 0 aliphatic carbocycles. The fraction of sp³-hybridized carbons (Fsp3) is 1.00. The molecule has 0 heterocycles. The van der Waals surface area contributed by atoms with E-state index in [0.717, 1.165) is 0 Å². The van der Waals surface area contributed by atoms with E-state index in [4.69, 9.17) is 9.11 Å². The first-order valence-corrected chi connectivity index (χ1v) is 7.33. The predicted molar refractivity (Wildman–Crippen MR) is 52.4 cm³/mol. The normalized spacial score (nSPS) is 12.1. The van der Waals surface area contributed by atoms with Gasteiger partial charge in [-0.1, -0.05) is 12.8 Å². The van der Waals surface area contributed by atoms with Crippen LogP contribution in [0.15, 0.2) is 0 Å². The summed E-state index contributed by atoms with van der Waals surface area (Å²) in [7, 11) is -7.81. The molecule has 0 aromatic heterocycles. The van der Waals surface area contributed by atoms with Crippen LogP contribution in [0.25, 0.3) is 0 Å². The van der Waals surface area contributed by atoms with Crippen LogP contribution in [0.4, 0.5) is 0 Å². The molecule has 0 amide bonds. The maximum absolute atomic E-state index is 10.2. The summed E-state index contributed by atoms with van der Waals surface area (Å²) in [5.41, 5.74) is 0. The van der Waals surface area contributed by atoms with Crippen molar-refractivity contribution >= 4 is 20.2 Å². The molecule has 0 atom stereocenters. The van der Waals surface area contributed by atoms with Crippen LogP contribution in [0.1, 0.15) is 27.1 Å². The zero-order chi connectivity index (χ0) is 11.2. The van der Waals surface area contributed by atoms with E-state index in [1.165, 1.54) is 0 Å². The van der Waals surface area contributed by atoms with Gasteiger partial charge in [0.1, 0.15) is 0 Å². The number of rotatable bonds is 7. The topological polar surface area (TPSA) is 109 Å². The van der Waals surface area contributed by atoms with Crippen molar-refractivity contribution in [1.82, 2.24) is 0 Å². The summed E-state index contributed by atoms with van der Waals surface area (Å²) in [6, 6.07) is 0. The van der Waals surface area contributed by atoms with Crippen molar-refractivity contribution < 1.29 is 56.9 Å². The van der Waals surface area contributed by atoms with Crippen LogP contribution < -0.4 is 29.6 Å². The average Bonchev–Trinajstić information content (AvgIpc) is 1.92. The van der Waals surface area contributed by atoms with Crippen molar-refractivity contribution in [3.05, 3.63) is 0 Å². The standard InChI is InChI=1S/C6H14O6S2.Na.H/c7-13(8,9)5-3-1-2-4-6-14(10,11)12;;/h1-6H2,(H,7,8,9)(H,10,11,12);;/q;+1;-1. The molecule has 2 N–H and O–H groups in total. The van der Waals surface area contributed by atoms with Crippen LogP contribution in [0, 0.1) is 0 Å². The minimum absolute atomic E-state index is 0. The van der Waals surface area contributed by atoms with Crippen molar-refractivity contribution in [2.24, 2.45) is 0 Å². The van der Waals surface area contributed by atoms with Gasteiger partial charge >= 0.3 is 29.6 Å². The van der Waals surface area contributed by atoms with Crippen LogP contribution >= 0.6 is 0 Å². The Balaban J connectivity index is -0.000000845. The SMILES string of the molecule is O=S(=O)(O)CCCCCCS(=O)(=O)O.[H-].[Na+]. The van der Waals surface area contributed by atoms with E-state index in [0.29, 0.717) is 25.7 Å².